The van der Waals surface area contributed by atoms with Gasteiger partial charge >= 0.3 is 0 Å². The van der Waals surface area contributed by atoms with Crippen LogP contribution >= 0.6 is 0 Å². The highest BCUT2D eigenvalue weighted by atomic mass is 32.2. The van der Waals surface area contributed by atoms with Crippen LogP contribution in [0, 0.1) is 0 Å². The molecule has 5 nitrogen and oxygen atoms in total. The van der Waals surface area contributed by atoms with Crippen LogP contribution in [0.25, 0.3) is 0 Å². The summed E-state index contributed by atoms with van der Waals surface area (Å²) >= 11 is 0. The van der Waals surface area contributed by atoms with E-state index in [-0.39, 0.29) is 6.54 Å². The summed E-state index contributed by atoms with van der Waals surface area (Å²) in [6, 6.07) is 7.29. The number of benzene rings is 1. The van der Waals surface area contributed by atoms with Gasteiger partial charge in [-0.15, -0.1) is 0 Å². The molecule has 0 amide bonds. The normalized spacial score (nSPS) is 12.3. The molecule has 0 saturated heterocycles. The van der Waals surface area contributed by atoms with Crippen molar-refractivity contribution in [3.63, 3.8) is 0 Å². The number of para-hydroxylation sites is 1. The van der Waals surface area contributed by atoms with Crippen molar-refractivity contribution in [3.05, 3.63) is 29.8 Å². The molecule has 0 unspecified atom stereocenters. The number of hydrogen-bond acceptors (Lipinski definition) is 3. The van der Waals surface area contributed by atoms with Gasteiger partial charge in [0.1, 0.15) is 0 Å². The summed E-state index contributed by atoms with van der Waals surface area (Å²) in [5.41, 5.74) is 7.24. The zero-order valence-corrected chi connectivity index (χ0v) is 11.9. The Morgan fingerprint density at radius 1 is 1.17 bits per heavy atom. The van der Waals surface area contributed by atoms with Crippen LogP contribution in [-0.4, -0.2) is 37.2 Å². The maximum absolute atomic E-state index is 12.2. The maximum atomic E-state index is 12.2. The van der Waals surface area contributed by atoms with Crippen molar-refractivity contribution < 1.29 is 8.42 Å². The molecule has 1 aromatic carbocycles. The Labute approximate surface area is 109 Å². The third kappa shape index (κ3) is 3.22. The van der Waals surface area contributed by atoms with Gasteiger partial charge in [0.2, 0.25) is 0 Å². The molecule has 18 heavy (non-hydrogen) atoms. The topological polar surface area (TPSA) is 66.6 Å². The Morgan fingerprint density at radius 3 is 2.22 bits per heavy atom. The smallest absolute Gasteiger partial charge is 0.282 e. The van der Waals surface area contributed by atoms with E-state index in [1.165, 1.54) is 8.61 Å². The lowest BCUT2D eigenvalue weighted by atomic mass is 10.2. The van der Waals surface area contributed by atoms with Crippen molar-refractivity contribution in [2.24, 2.45) is 0 Å². The van der Waals surface area contributed by atoms with Crippen molar-refractivity contribution in [2.45, 2.75) is 20.4 Å². The highest BCUT2D eigenvalue weighted by Crippen LogP contribution is 2.16. The van der Waals surface area contributed by atoms with Crippen LogP contribution in [-0.2, 0) is 16.8 Å². The Balaban J connectivity index is 2.89. The zero-order valence-electron chi connectivity index (χ0n) is 11.1. The summed E-state index contributed by atoms with van der Waals surface area (Å²) < 4.78 is 27.2. The first-order valence-corrected chi connectivity index (χ1v) is 7.38. The van der Waals surface area contributed by atoms with E-state index >= 15 is 0 Å². The van der Waals surface area contributed by atoms with Gasteiger partial charge in [0.15, 0.2) is 0 Å². The van der Waals surface area contributed by atoms with Gasteiger partial charge in [-0.1, -0.05) is 32.0 Å². The largest absolute Gasteiger partial charge is 0.398 e. The number of nitrogens with two attached hydrogens (primary N) is 1. The van der Waals surface area contributed by atoms with Crippen LogP contribution in [0.4, 0.5) is 5.69 Å². The van der Waals surface area contributed by atoms with Gasteiger partial charge in [0, 0.05) is 32.4 Å². The molecule has 1 rings (SSSR count). The average molecular weight is 271 g/mol. The van der Waals surface area contributed by atoms with Crippen LogP contribution < -0.4 is 5.73 Å². The highest BCUT2D eigenvalue weighted by molar-refractivity contribution is 7.86. The molecule has 0 saturated carbocycles. The third-order valence-electron chi connectivity index (χ3n) is 2.87. The first-order chi connectivity index (χ1) is 8.43. The maximum Gasteiger partial charge on any atom is 0.282 e. The molecule has 102 valence electrons. The number of nitrogens with zero attached hydrogens (tertiary/aromatic N) is 2. The number of nitrogen functional groups attached to an aromatic ring is 1. The zero-order chi connectivity index (χ0) is 13.8. The van der Waals surface area contributed by atoms with Gasteiger partial charge < -0.3 is 5.73 Å². The lowest BCUT2D eigenvalue weighted by molar-refractivity contribution is 0.375. The molecule has 0 aliphatic heterocycles. The van der Waals surface area contributed by atoms with Crippen molar-refractivity contribution in [3.8, 4) is 0 Å². The fourth-order valence-corrected chi connectivity index (χ4v) is 3.10. The summed E-state index contributed by atoms with van der Waals surface area (Å²) in [5, 5.41) is 0. The molecule has 0 aromatic heterocycles. The summed E-state index contributed by atoms with van der Waals surface area (Å²) in [6.45, 7) is 4.87. The molecular weight excluding hydrogens is 250 g/mol. The lowest BCUT2D eigenvalue weighted by Crippen LogP contribution is -2.41. The molecule has 0 aliphatic carbocycles. The lowest BCUT2D eigenvalue weighted by Gasteiger charge is -2.25. The van der Waals surface area contributed by atoms with E-state index < -0.39 is 10.2 Å². The van der Waals surface area contributed by atoms with Gasteiger partial charge in [-0.2, -0.15) is 17.0 Å². The van der Waals surface area contributed by atoms with Crippen LogP contribution in [0.3, 0.4) is 0 Å². The number of rotatable bonds is 6. The molecule has 1 aromatic rings. The molecule has 6 heteroatoms. The summed E-state index contributed by atoms with van der Waals surface area (Å²) in [7, 11) is -1.84. The molecule has 0 radical (unpaired) electrons. The minimum absolute atomic E-state index is 0.283. The quantitative estimate of drug-likeness (QED) is 0.793. The average Bonchev–Trinajstić information content (AvgIpc) is 2.33. The minimum Gasteiger partial charge on any atom is -0.398 e. The van der Waals surface area contributed by atoms with Crippen LogP contribution in [0.1, 0.15) is 19.4 Å². The summed E-state index contributed by atoms with van der Waals surface area (Å²) in [4.78, 5) is 0. The van der Waals surface area contributed by atoms with Crippen molar-refractivity contribution in [1.82, 2.24) is 8.61 Å². The predicted molar refractivity (Wildman–Crippen MR) is 74.2 cm³/mol. The Morgan fingerprint density at radius 2 is 1.72 bits per heavy atom. The van der Waals surface area contributed by atoms with Crippen molar-refractivity contribution >= 4 is 15.9 Å². The molecule has 2 N–H and O–H groups in total. The second kappa shape index (κ2) is 6.17. The Bertz CT molecular complexity index is 484. The van der Waals surface area contributed by atoms with Crippen LogP contribution in [0.15, 0.2) is 24.3 Å². The number of anilines is 1. The Kier molecular flexibility index (Phi) is 5.13. The molecular formula is C12H21N3O2S. The molecule has 0 fully saturated rings. The molecule has 0 bridgehead atoms. The van der Waals surface area contributed by atoms with Gasteiger partial charge in [0.25, 0.3) is 10.2 Å². The molecule has 0 atom stereocenters. The van der Waals surface area contributed by atoms with Gasteiger partial charge in [-0.25, -0.2) is 0 Å². The van der Waals surface area contributed by atoms with E-state index in [1.807, 2.05) is 32.0 Å². The summed E-state index contributed by atoms with van der Waals surface area (Å²) in [6.07, 6.45) is 0. The van der Waals surface area contributed by atoms with Crippen molar-refractivity contribution in [1.29, 1.82) is 0 Å². The SMILES string of the molecule is CCN(CC)S(=O)(=O)N(C)Cc1ccccc1N. The molecule has 0 heterocycles. The van der Waals surface area contributed by atoms with Gasteiger partial charge in [0.05, 0.1) is 0 Å². The number of hydrogen-bond donors (Lipinski definition) is 1. The first kappa shape index (κ1) is 14.9. The third-order valence-corrected chi connectivity index (χ3v) is 4.96. The van der Waals surface area contributed by atoms with Gasteiger partial charge in [-0.05, 0) is 11.6 Å². The first-order valence-electron chi connectivity index (χ1n) is 5.98. The Hall–Kier alpha value is -1.11. The minimum atomic E-state index is -3.41. The van der Waals surface area contributed by atoms with Gasteiger partial charge in [-0.3, -0.25) is 0 Å². The standard InChI is InChI=1S/C12H21N3O2S/c1-4-15(5-2)18(16,17)14(3)10-11-8-6-7-9-12(11)13/h6-9H,4-5,10,13H2,1-3H3. The molecule has 0 aliphatic rings. The van der Waals surface area contributed by atoms with E-state index in [0.29, 0.717) is 18.8 Å². The second-order valence-corrected chi connectivity index (χ2v) is 6.08. The van der Waals surface area contributed by atoms with E-state index in [1.54, 1.807) is 13.1 Å². The fourth-order valence-electron chi connectivity index (χ4n) is 1.75. The predicted octanol–water partition coefficient (Wildman–Crippen LogP) is 1.29. The van der Waals surface area contributed by atoms with E-state index in [0.717, 1.165) is 5.56 Å². The van der Waals surface area contributed by atoms with Crippen LogP contribution in [0.2, 0.25) is 0 Å². The second-order valence-electron chi connectivity index (χ2n) is 4.05. The molecule has 0 spiro atoms. The fraction of sp³-hybridized carbons (Fsp3) is 0.500. The van der Waals surface area contributed by atoms with Crippen molar-refractivity contribution in [2.75, 3.05) is 25.9 Å². The highest BCUT2D eigenvalue weighted by Gasteiger charge is 2.24. The van der Waals surface area contributed by atoms with E-state index in [2.05, 4.69) is 0 Å². The van der Waals surface area contributed by atoms with E-state index in [4.69, 9.17) is 5.73 Å². The summed E-state index contributed by atoms with van der Waals surface area (Å²) in [5.74, 6) is 0. The van der Waals surface area contributed by atoms with Crippen LogP contribution in [0.5, 0.6) is 0 Å². The monoisotopic (exact) mass is 271 g/mol. The van der Waals surface area contributed by atoms with E-state index in [9.17, 15) is 8.42 Å².